The van der Waals surface area contributed by atoms with Crippen molar-refractivity contribution in [1.29, 1.82) is 0 Å². The highest BCUT2D eigenvalue weighted by atomic mass is 16.5. The van der Waals surface area contributed by atoms with Crippen LogP contribution in [0.2, 0.25) is 0 Å². The Balaban J connectivity index is 3.01. The van der Waals surface area contributed by atoms with E-state index in [4.69, 9.17) is 14.2 Å². The van der Waals surface area contributed by atoms with Gasteiger partial charge in [-0.15, -0.1) is 0 Å². The van der Waals surface area contributed by atoms with Crippen molar-refractivity contribution in [3.63, 3.8) is 0 Å². The third kappa shape index (κ3) is 4.31. The Hall–Kier alpha value is -2.56. The summed E-state index contributed by atoms with van der Waals surface area (Å²) in [5.41, 5.74) is 0.257. The van der Waals surface area contributed by atoms with Gasteiger partial charge in [-0.25, -0.2) is 9.59 Å². The highest BCUT2D eigenvalue weighted by Crippen LogP contribution is 2.28. The van der Waals surface area contributed by atoms with E-state index in [1.54, 1.807) is 0 Å². The molecule has 0 unspecified atom stereocenters. The molecule has 1 aromatic carbocycles. The van der Waals surface area contributed by atoms with Crippen LogP contribution in [0.25, 0.3) is 0 Å². The fourth-order valence-corrected chi connectivity index (χ4v) is 1.13. The zero-order valence-electron chi connectivity index (χ0n) is 10.8. The second-order valence-corrected chi connectivity index (χ2v) is 3.64. The van der Waals surface area contributed by atoms with E-state index in [-0.39, 0.29) is 17.1 Å². The first-order valence-electron chi connectivity index (χ1n) is 5.37. The Morgan fingerprint density at radius 1 is 1.11 bits per heavy atom. The molecule has 1 aromatic rings. The van der Waals surface area contributed by atoms with Crippen LogP contribution in [-0.2, 0) is 9.59 Å². The second-order valence-electron chi connectivity index (χ2n) is 3.64. The fraction of sp³-hybridized carbons (Fsp3) is 0.143. The lowest BCUT2D eigenvalue weighted by Crippen LogP contribution is -2.09. The molecule has 0 N–H and O–H groups in total. The lowest BCUT2D eigenvalue weighted by molar-refractivity contribution is -0.130. The van der Waals surface area contributed by atoms with Crippen molar-refractivity contribution in [2.45, 2.75) is 6.92 Å². The summed E-state index contributed by atoms with van der Waals surface area (Å²) in [6, 6.07) is 4.37. The molecule has 0 saturated heterocycles. The molecule has 0 bridgehead atoms. The molecule has 0 aromatic heterocycles. The molecular formula is C14H14O5. The molecule has 0 aliphatic rings. The van der Waals surface area contributed by atoms with Gasteiger partial charge in [0.15, 0.2) is 0 Å². The molecule has 5 nitrogen and oxygen atoms in total. The van der Waals surface area contributed by atoms with Gasteiger partial charge >= 0.3 is 11.9 Å². The van der Waals surface area contributed by atoms with Crippen molar-refractivity contribution >= 4 is 11.9 Å². The molecule has 0 saturated carbocycles. The van der Waals surface area contributed by atoms with Gasteiger partial charge in [-0.05, 0) is 6.92 Å². The minimum Gasteiger partial charge on any atom is -0.496 e. The summed E-state index contributed by atoms with van der Waals surface area (Å²) in [7, 11) is 1.44. The number of hydrogen-bond donors (Lipinski definition) is 0. The zero-order valence-corrected chi connectivity index (χ0v) is 10.8. The maximum atomic E-state index is 11.4. The Labute approximate surface area is 111 Å². The van der Waals surface area contributed by atoms with Crippen LogP contribution < -0.4 is 14.2 Å². The molecule has 0 heterocycles. The molecule has 19 heavy (non-hydrogen) atoms. The Morgan fingerprint density at radius 3 is 2.11 bits per heavy atom. The average Bonchev–Trinajstić information content (AvgIpc) is 2.37. The van der Waals surface area contributed by atoms with Crippen molar-refractivity contribution < 1.29 is 23.8 Å². The summed E-state index contributed by atoms with van der Waals surface area (Å²) in [5.74, 6) is -0.425. The van der Waals surface area contributed by atoms with E-state index in [2.05, 4.69) is 13.2 Å². The number of ether oxygens (including phenoxy) is 3. The predicted molar refractivity (Wildman–Crippen MR) is 69.3 cm³/mol. The summed E-state index contributed by atoms with van der Waals surface area (Å²) < 4.78 is 15.0. The number of hydrogen-bond acceptors (Lipinski definition) is 5. The summed E-state index contributed by atoms with van der Waals surface area (Å²) in [6.45, 7) is 8.29. The molecule has 0 atom stereocenters. The Bertz CT molecular complexity index is 531. The van der Waals surface area contributed by atoms with Crippen LogP contribution in [-0.4, -0.2) is 19.0 Å². The fourth-order valence-electron chi connectivity index (χ4n) is 1.13. The van der Waals surface area contributed by atoms with E-state index in [9.17, 15) is 9.59 Å². The Morgan fingerprint density at radius 2 is 1.63 bits per heavy atom. The van der Waals surface area contributed by atoms with Crippen molar-refractivity contribution in [2.24, 2.45) is 0 Å². The van der Waals surface area contributed by atoms with Crippen LogP contribution in [0.4, 0.5) is 0 Å². The quantitative estimate of drug-likeness (QED) is 0.463. The summed E-state index contributed by atoms with van der Waals surface area (Å²) in [6.07, 6.45) is 1.03. The lowest BCUT2D eigenvalue weighted by atomic mass is 10.3. The summed E-state index contributed by atoms with van der Waals surface area (Å²) in [5, 5.41) is 0. The number of methoxy groups -OCH3 is 1. The van der Waals surface area contributed by atoms with Gasteiger partial charge < -0.3 is 14.2 Å². The monoisotopic (exact) mass is 262 g/mol. The van der Waals surface area contributed by atoms with Crippen molar-refractivity contribution in [3.05, 3.63) is 43.0 Å². The maximum absolute atomic E-state index is 11.4. The van der Waals surface area contributed by atoms with Gasteiger partial charge in [0.05, 0.1) is 7.11 Å². The molecule has 0 aliphatic carbocycles. The average molecular weight is 262 g/mol. The number of carbonyl (C=O) groups excluding carboxylic acids is 2. The molecular weight excluding hydrogens is 248 g/mol. The smallest absolute Gasteiger partial charge is 0.338 e. The predicted octanol–water partition coefficient (Wildman–Crippen LogP) is 2.27. The zero-order chi connectivity index (χ0) is 14.4. The molecule has 0 spiro atoms. The maximum Gasteiger partial charge on any atom is 0.338 e. The van der Waals surface area contributed by atoms with Crippen LogP contribution in [0, 0.1) is 0 Å². The van der Waals surface area contributed by atoms with Gasteiger partial charge in [-0.2, -0.15) is 0 Å². The molecule has 5 heteroatoms. The normalized spacial score (nSPS) is 9.37. The first-order chi connectivity index (χ1) is 8.96. The Kier molecular flexibility index (Phi) is 4.88. The molecule has 100 valence electrons. The van der Waals surface area contributed by atoms with Crippen molar-refractivity contribution in [1.82, 2.24) is 0 Å². The number of rotatable bonds is 5. The van der Waals surface area contributed by atoms with Crippen LogP contribution in [0.3, 0.4) is 0 Å². The molecule has 0 amide bonds. The standard InChI is InChI=1S/C14H14O5/c1-5-13(15)18-11-6-10(17-4)7-12(8-11)19-14(16)9(2)3/h5-8H,1-2H2,3-4H3. The third-order valence-corrected chi connectivity index (χ3v) is 2.03. The van der Waals surface area contributed by atoms with Crippen LogP contribution in [0.1, 0.15) is 6.92 Å². The van der Waals surface area contributed by atoms with Crippen LogP contribution in [0.15, 0.2) is 43.0 Å². The number of benzene rings is 1. The SMILES string of the molecule is C=CC(=O)Oc1cc(OC)cc(OC(=O)C(=C)C)c1. The summed E-state index contributed by atoms with van der Waals surface area (Å²) >= 11 is 0. The van der Waals surface area contributed by atoms with Crippen molar-refractivity contribution in [3.8, 4) is 17.2 Å². The first-order valence-corrected chi connectivity index (χ1v) is 5.37. The second kappa shape index (κ2) is 6.39. The van der Waals surface area contributed by atoms with Gasteiger partial charge in [-0.3, -0.25) is 0 Å². The highest BCUT2D eigenvalue weighted by Gasteiger charge is 2.10. The van der Waals surface area contributed by atoms with E-state index in [0.29, 0.717) is 5.75 Å². The van der Waals surface area contributed by atoms with Gasteiger partial charge in [0, 0.05) is 29.8 Å². The third-order valence-electron chi connectivity index (χ3n) is 2.03. The van der Waals surface area contributed by atoms with Crippen molar-refractivity contribution in [2.75, 3.05) is 7.11 Å². The molecule has 0 fully saturated rings. The highest BCUT2D eigenvalue weighted by molar-refractivity contribution is 5.89. The van der Waals surface area contributed by atoms with Gasteiger partial charge in [0.2, 0.25) is 0 Å². The topological polar surface area (TPSA) is 61.8 Å². The number of carbonyl (C=O) groups is 2. The molecule has 0 radical (unpaired) electrons. The minimum atomic E-state index is -0.620. The molecule has 1 rings (SSSR count). The van der Waals surface area contributed by atoms with Gasteiger partial charge in [0.1, 0.15) is 17.2 Å². The van der Waals surface area contributed by atoms with E-state index in [1.807, 2.05) is 0 Å². The molecule has 0 aliphatic heterocycles. The minimum absolute atomic E-state index is 0.189. The summed E-state index contributed by atoms with van der Waals surface area (Å²) in [4.78, 5) is 22.5. The van der Waals surface area contributed by atoms with Gasteiger partial charge in [0.25, 0.3) is 0 Å². The van der Waals surface area contributed by atoms with E-state index < -0.39 is 11.9 Å². The van der Waals surface area contributed by atoms with E-state index in [1.165, 1.54) is 32.2 Å². The van der Waals surface area contributed by atoms with E-state index >= 15 is 0 Å². The van der Waals surface area contributed by atoms with Crippen LogP contribution in [0.5, 0.6) is 17.2 Å². The number of esters is 2. The first kappa shape index (κ1) is 14.5. The van der Waals surface area contributed by atoms with E-state index in [0.717, 1.165) is 6.08 Å². The van der Waals surface area contributed by atoms with Crippen LogP contribution >= 0.6 is 0 Å². The van der Waals surface area contributed by atoms with Gasteiger partial charge in [-0.1, -0.05) is 13.2 Å². The largest absolute Gasteiger partial charge is 0.496 e. The lowest BCUT2D eigenvalue weighted by Gasteiger charge is -2.09.